The molecule has 4 heteroatoms. The van der Waals surface area contributed by atoms with Crippen LogP contribution in [-0.4, -0.2) is 17.2 Å². The van der Waals surface area contributed by atoms with Crippen LogP contribution in [-0.2, 0) is 0 Å². The molecule has 3 atom stereocenters. The van der Waals surface area contributed by atoms with E-state index < -0.39 is 6.09 Å². The Morgan fingerprint density at radius 2 is 1.78 bits per heavy atom. The van der Waals surface area contributed by atoms with E-state index in [1.165, 1.54) is 0 Å². The van der Waals surface area contributed by atoms with Crippen LogP contribution in [0.2, 0.25) is 0 Å². The summed E-state index contributed by atoms with van der Waals surface area (Å²) in [5.74, 6) is 0.321. The van der Waals surface area contributed by atoms with E-state index >= 15 is 0 Å². The predicted molar refractivity (Wildman–Crippen MR) is 90.9 cm³/mol. The third-order valence-corrected chi connectivity index (χ3v) is 5.12. The Kier molecular flexibility index (Phi) is 3.45. The number of fused-ring (bicyclic) bond motifs is 2. The van der Waals surface area contributed by atoms with Gasteiger partial charge in [0.25, 0.3) is 0 Å². The molecule has 2 aliphatic rings. The van der Waals surface area contributed by atoms with Crippen LogP contribution in [0.15, 0.2) is 54.6 Å². The zero-order valence-corrected chi connectivity index (χ0v) is 12.9. The highest BCUT2D eigenvalue weighted by Gasteiger charge is 2.45. The van der Waals surface area contributed by atoms with Gasteiger partial charge in [-0.3, -0.25) is 4.90 Å². The van der Waals surface area contributed by atoms with Gasteiger partial charge in [-0.25, -0.2) is 4.79 Å². The molecular formula is C19H20N2O2. The van der Waals surface area contributed by atoms with Gasteiger partial charge in [0, 0.05) is 17.6 Å². The molecule has 0 saturated heterocycles. The van der Waals surface area contributed by atoms with Crippen LogP contribution in [0, 0.1) is 5.92 Å². The van der Waals surface area contributed by atoms with E-state index in [-0.39, 0.29) is 12.1 Å². The Morgan fingerprint density at radius 3 is 2.57 bits per heavy atom. The second-order valence-electron chi connectivity index (χ2n) is 6.36. The van der Waals surface area contributed by atoms with Crippen molar-refractivity contribution in [2.45, 2.75) is 31.3 Å². The third-order valence-electron chi connectivity index (χ3n) is 5.12. The molecule has 0 radical (unpaired) electrons. The highest BCUT2D eigenvalue weighted by Crippen LogP contribution is 2.48. The van der Waals surface area contributed by atoms with Crippen molar-refractivity contribution in [3.05, 3.63) is 60.2 Å². The molecule has 4 rings (SSSR count). The predicted octanol–water partition coefficient (Wildman–Crippen LogP) is 4.51. The molecule has 1 aliphatic carbocycles. The number of hydrogen-bond donors (Lipinski definition) is 2. The van der Waals surface area contributed by atoms with E-state index in [1.54, 1.807) is 4.90 Å². The Bertz CT molecular complexity index is 716. The first-order chi connectivity index (χ1) is 11.3. The normalized spacial score (nSPS) is 25.6. The molecule has 1 heterocycles. The molecule has 4 nitrogen and oxygen atoms in total. The number of nitrogens with one attached hydrogen (secondary N) is 1. The number of amides is 1. The molecule has 118 valence electrons. The fraction of sp³-hybridized carbons (Fsp3) is 0.316. The lowest BCUT2D eigenvalue weighted by Crippen LogP contribution is -2.48. The molecule has 2 aromatic rings. The van der Waals surface area contributed by atoms with Gasteiger partial charge in [-0.05, 0) is 36.6 Å². The summed E-state index contributed by atoms with van der Waals surface area (Å²) in [5, 5.41) is 13.4. The van der Waals surface area contributed by atoms with E-state index in [2.05, 4.69) is 23.5 Å². The summed E-state index contributed by atoms with van der Waals surface area (Å²) in [6.45, 7) is 0. The fourth-order valence-electron chi connectivity index (χ4n) is 4.20. The molecule has 0 aromatic heterocycles. The second-order valence-corrected chi connectivity index (χ2v) is 6.36. The Morgan fingerprint density at radius 1 is 1.04 bits per heavy atom. The SMILES string of the molecule is O=C(O)N1c2ccccc2C(Nc2ccccc2)[C@H]2CCC[C@H]21. The van der Waals surface area contributed by atoms with Gasteiger partial charge < -0.3 is 10.4 Å². The molecule has 1 amide bonds. The number of carboxylic acid groups (broad SMARTS) is 1. The molecule has 2 N–H and O–H groups in total. The monoisotopic (exact) mass is 308 g/mol. The van der Waals surface area contributed by atoms with Crippen molar-refractivity contribution in [2.24, 2.45) is 5.92 Å². The number of hydrogen-bond acceptors (Lipinski definition) is 2. The van der Waals surface area contributed by atoms with Crippen molar-refractivity contribution in [1.82, 2.24) is 0 Å². The van der Waals surface area contributed by atoms with Crippen LogP contribution in [0.5, 0.6) is 0 Å². The van der Waals surface area contributed by atoms with Crippen molar-refractivity contribution in [1.29, 1.82) is 0 Å². The van der Waals surface area contributed by atoms with Crippen LogP contribution >= 0.6 is 0 Å². The van der Waals surface area contributed by atoms with E-state index in [1.807, 2.05) is 36.4 Å². The maximum Gasteiger partial charge on any atom is 0.412 e. The molecule has 1 unspecified atom stereocenters. The zero-order valence-electron chi connectivity index (χ0n) is 12.9. The Labute approximate surface area is 135 Å². The summed E-state index contributed by atoms with van der Waals surface area (Å²) in [6.07, 6.45) is 2.25. The summed E-state index contributed by atoms with van der Waals surface area (Å²) >= 11 is 0. The molecule has 0 spiro atoms. The van der Waals surface area contributed by atoms with Crippen molar-refractivity contribution in [3.8, 4) is 0 Å². The van der Waals surface area contributed by atoms with Gasteiger partial charge in [0.15, 0.2) is 0 Å². The Balaban J connectivity index is 1.78. The second kappa shape index (κ2) is 5.61. The van der Waals surface area contributed by atoms with E-state index in [9.17, 15) is 9.90 Å². The van der Waals surface area contributed by atoms with Gasteiger partial charge in [0.05, 0.1) is 11.7 Å². The summed E-state index contributed by atoms with van der Waals surface area (Å²) in [6, 6.07) is 18.3. The van der Waals surface area contributed by atoms with Crippen LogP contribution in [0.4, 0.5) is 16.2 Å². The molecular weight excluding hydrogens is 288 g/mol. The summed E-state index contributed by atoms with van der Waals surface area (Å²) < 4.78 is 0. The smallest absolute Gasteiger partial charge is 0.412 e. The van der Waals surface area contributed by atoms with Gasteiger partial charge >= 0.3 is 6.09 Å². The number of para-hydroxylation sites is 2. The standard InChI is InChI=1S/C19H20N2O2/c22-19(23)21-16-11-5-4-9-14(16)18(15-10-6-12-17(15)21)20-13-7-2-1-3-8-13/h1-5,7-9,11,15,17-18,20H,6,10,12H2,(H,22,23)/t15-,17+,18?/m0/s1. The minimum Gasteiger partial charge on any atom is -0.465 e. The Hall–Kier alpha value is -2.49. The summed E-state index contributed by atoms with van der Waals surface area (Å²) in [7, 11) is 0. The average molecular weight is 308 g/mol. The minimum absolute atomic E-state index is 0.0728. The molecule has 1 aliphatic heterocycles. The number of anilines is 2. The third kappa shape index (κ3) is 2.34. The van der Waals surface area contributed by atoms with E-state index in [0.29, 0.717) is 5.92 Å². The highest BCUT2D eigenvalue weighted by molar-refractivity contribution is 5.89. The first-order valence-electron chi connectivity index (χ1n) is 8.18. The lowest BCUT2D eigenvalue weighted by atomic mass is 9.83. The van der Waals surface area contributed by atoms with Gasteiger partial charge in [-0.15, -0.1) is 0 Å². The van der Waals surface area contributed by atoms with Crippen LogP contribution < -0.4 is 10.2 Å². The van der Waals surface area contributed by atoms with E-state index in [0.717, 1.165) is 36.2 Å². The highest BCUT2D eigenvalue weighted by atomic mass is 16.4. The van der Waals surface area contributed by atoms with Crippen molar-refractivity contribution in [2.75, 3.05) is 10.2 Å². The number of carbonyl (C=O) groups is 1. The first-order valence-corrected chi connectivity index (χ1v) is 8.18. The molecule has 0 bridgehead atoms. The van der Waals surface area contributed by atoms with Gasteiger partial charge in [0.1, 0.15) is 0 Å². The molecule has 23 heavy (non-hydrogen) atoms. The van der Waals surface area contributed by atoms with Gasteiger partial charge in [-0.1, -0.05) is 42.8 Å². The first kappa shape index (κ1) is 14.1. The van der Waals surface area contributed by atoms with Gasteiger partial charge in [0.2, 0.25) is 0 Å². The lowest BCUT2D eigenvalue weighted by molar-refractivity contribution is 0.194. The van der Waals surface area contributed by atoms with Crippen molar-refractivity contribution >= 4 is 17.5 Å². The topological polar surface area (TPSA) is 52.6 Å². The quantitative estimate of drug-likeness (QED) is 0.858. The summed E-state index contributed by atoms with van der Waals surface area (Å²) in [5.41, 5.74) is 3.00. The molecule has 1 saturated carbocycles. The minimum atomic E-state index is -0.840. The zero-order chi connectivity index (χ0) is 15.8. The maximum absolute atomic E-state index is 11.8. The summed E-state index contributed by atoms with van der Waals surface area (Å²) in [4.78, 5) is 13.4. The average Bonchev–Trinajstić information content (AvgIpc) is 3.04. The fourth-order valence-corrected chi connectivity index (χ4v) is 4.20. The largest absolute Gasteiger partial charge is 0.465 e. The van der Waals surface area contributed by atoms with Crippen molar-refractivity contribution < 1.29 is 9.90 Å². The molecule has 2 aromatic carbocycles. The van der Waals surface area contributed by atoms with Crippen LogP contribution in [0.1, 0.15) is 30.9 Å². The number of nitrogens with zero attached hydrogens (tertiary/aromatic N) is 1. The van der Waals surface area contributed by atoms with Gasteiger partial charge in [-0.2, -0.15) is 0 Å². The number of rotatable bonds is 2. The molecule has 1 fully saturated rings. The van der Waals surface area contributed by atoms with Crippen LogP contribution in [0.25, 0.3) is 0 Å². The maximum atomic E-state index is 11.8. The lowest BCUT2D eigenvalue weighted by Gasteiger charge is -2.42. The van der Waals surface area contributed by atoms with E-state index in [4.69, 9.17) is 0 Å². The van der Waals surface area contributed by atoms with Crippen molar-refractivity contribution in [3.63, 3.8) is 0 Å². The van der Waals surface area contributed by atoms with Crippen LogP contribution in [0.3, 0.4) is 0 Å². The number of benzene rings is 2.